The summed E-state index contributed by atoms with van der Waals surface area (Å²) in [5, 5.41) is 0.333. The largest absolute Gasteiger partial charge is 0.452 e. The fraction of sp³-hybridized carbons (Fsp3) is 0.467. The molecule has 0 unspecified atom stereocenters. The zero-order valence-electron chi connectivity index (χ0n) is 11.3. The van der Waals surface area contributed by atoms with Crippen LogP contribution in [0.25, 0.3) is 0 Å². The average Bonchev–Trinajstić information content (AvgIpc) is 2.74. The van der Waals surface area contributed by atoms with Crippen LogP contribution in [0.1, 0.15) is 36.0 Å². The highest BCUT2D eigenvalue weighted by Gasteiger charge is 2.18. The molecular weight excluding hydrogens is 278 g/mol. The van der Waals surface area contributed by atoms with Gasteiger partial charge in [0.1, 0.15) is 0 Å². The van der Waals surface area contributed by atoms with Crippen molar-refractivity contribution in [3.63, 3.8) is 0 Å². The van der Waals surface area contributed by atoms with E-state index in [4.69, 9.17) is 16.3 Å². The molecule has 0 atom stereocenters. The van der Waals surface area contributed by atoms with Gasteiger partial charge >= 0.3 is 5.97 Å². The molecular formula is C15H18ClNO3. The lowest BCUT2D eigenvalue weighted by atomic mass is 10.2. The summed E-state index contributed by atoms with van der Waals surface area (Å²) < 4.78 is 5.05. The Morgan fingerprint density at radius 3 is 2.40 bits per heavy atom. The van der Waals surface area contributed by atoms with Gasteiger partial charge in [0.25, 0.3) is 5.91 Å². The fourth-order valence-electron chi connectivity index (χ4n) is 2.24. The second-order valence-electron chi connectivity index (χ2n) is 4.85. The van der Waals surface area contributed by atoms with Crippen LogP contribution in [0.5, 0.6) is 0 Å². The van der Waals surface area contributed by atoms with Crippen LogP contribution >= 0.6 is 11.6 Å². The van der Waals surface area contributed by atoms with E-state index in [9.17, 15) is 9.59 Å². The van der Waals surface area contributed by atoms with Crippen molar-refractivity contribution in [1.29, 1.82) is 0 Å². The number of benzene rings is 1. The van der Waals surface area contributed by atoms with E-state index < -0.39 is 5.97 Å². The van der Waals surface area contributed by atoms with Gasteiger partial charge in [-0.05, 0) is 25.0 Å². The Hall–Kier alpha value is -1.55. The quantitative estimate of drug-likeness (QED) is 0.806. The van der Waals surface area contributed by atoms with E-state index in [2.05, 4.69) is 0 Å². The van der Waals surface area contributed by atoms with Crippen LogP contribution in [0.15, 0.2) is 24.3 Å². The van der Waals surface area contributed by atoms with Crippen molar-refractivity contribution in [3.05, 3.63) is 34.9 Å². The number of halogens is 1. The van der Waals surface area contributed by atoms with Crippen molar-refractivity contribution >= 4 is 23.5 Å². The normalized spacial score (nSPS) is 15.6. The van der Waals surface area contributed by atoms with Gasteiger partial charge in [-0.25, -0.2) is 4.79 Å². The SMILES string of the molecule is O=C(OCC(=O)N1CCCCCC1)c1ccccc1Cl. The molecule has 108 valence electrons. The van der Waals surface area contributed by atoms with E-state index in [0.29, 0.717) is 5.02 Å². The average molecular weight is 296 g/mol. The third-order valence-corrected chi connectivity index (χ3v) is 3.71. The Kier molecular flexibility index (Phi) is 5.41. The number of esters is 1. The Labute approximate surface area is 123 Å². The first-order valence-electron chi connectivity index (χ1n) is 6.88. The van der Waals surface area contributed by atoms with Crippen LogP contribution < -0.4 is 0 Å². The summed E-state index contributed by atoms with van der Waals surface area (Å²) in [6.45, 7) is 1.29. The maximum atomic E-state index is 12.0. The maximum Gasteiger partial charge on any atom is 0.340 e. The molecule has 5 heteroatoms. The first-order chi connectivity index (χ1) is 9.68. The number of amides is 1. The smallest absolute Gasteiger partial charge is 0.340 e. The number of nitrogens with zero attached hydrogens (tertiary/aromatic N) is 1. The van der Waals surface area contributed by atoms with Gasteiger partial charge in [-0.15, -0.1) is 0 Å². The van der Waals surface area contributed by atoms with Gasteiger partial charge < -0.3 is 9.64 Å². The third-order valence-electron chi connectivity index (χ3n) is 3.38. The lowest BCUT2D eigenvalue weighted by Crippen LogP contribution is -2.35. The minimum absolute atomic E-state index is 0.132. The third kappa shape index (κ3) is 3.97. The number of ether oxygens (including phenoxy) is 1. The van der Waals surface area contributed by atoms with Gasteiger partial charge in [-0.2, -0.15) is 0 Å². The second-order valence-corrected chi connectivity index (χ2v) is 5.26. The molecule has 0 saturated carbocycles. The Morgan fingerprint density at radius 2 is 1.75 bits per heavy atom. The molecule has 4 nitrogen and oxygen atoms in total. The number of carbonyl (C=O) groups is 2. The number of hydrogen-bond acceptors (Lipinski definition) is 3. The molecule has 1 aromatic carbocycles. The van der Waals surface area contributed by atoms with Crippen LogP contribution in [0.2, 0.25) is 5.02 Å². The van der Waals surface area contributed by atoms with E-state index in [1.807, 2.05) is 0 Å². The minimum Gasteiger partial charge on any atom is -0.452 e. The van der Waals surface area contributed by atoms with Crippen LogP contribution in [-0.4, -0.2) is 36.5 Å². The minimum atomic E-state index is -0.557. The maximum absolute atomic E-state index is 12.0. The van der Waals surface area contributed by atoms with E-state index in [0.717, 1.165) is 38.8 Å². The summed E-state index contributed by atoms with van der Waals surface area (Å²) in [6, 6.07) is 6.65. The van der Waals surface area contributed by atoms with Crippen molar-refractivity contribution in [1.82, 2.24) is 4.90 Å². The molecule has 0 N–H and O–H groups in total. The van der Waals surface area contributed by atoms with Gasteiger partial charge in [-0.3, -0.25) is 4.79 Å². The monoisotopic (exact) mass is 295 g/mol. The summed E-state index contributed by atoms with van der Waals surface area (Å²) >= 11 is 5.91. The predicted molar refractivity (Wildman–Crippen MR) is 76.8 cm³/mol. The molecule has 1 amide bonds. The van der Waals surface area contributed by atoms with Gasteiger partial charge in [0.05, 0.1) is 10.6 Å². The number of carbonyl (C=O) groups excluding carboxylic acids is 2. The molecule has 1 fully saturated rings. The lowest BCUT2D eigenvalue weighted by molar-refractivity contribution is -0.134. The molecule has 1 saturated heterocycles. The summed E-state index contributed by atoms with van der Waals surface area (Å²) in [4.78, 5) is 25.6. The van der Waals surface area contributed by atoms with E-state index >= 15 is 0 Å². The summed E-state index contributed by atoms with van der Waals surface area (Å²) in [5.41, 5.74) is 0.290. The van der Waals surface area contributed by atoms with Crippen LogP contribution in [0.3, 0.4) is 0 Å². The van der Waals surface area contributed by atoms with Gasteiger partial charge in [0.15, 0.2) is 6.61 Å². The lowest BCUT2D eigenvalue weighted by Gasteiger charge is -2.19. The molecule has 0 aliphatic carbocycles. The summed E-state index contributed by atoms with van der Waals surface area (Å²) in [6.07, 6.45) is 4.35. The topological polar surface area (TPSA) is 46.6 Å². The van der Waals surface area contributed by atoms with Gasteiger partial charge in [0, 0.05) is 13.1 Å². The van der Waals surface area contributed by atoms with Crippen LogP contribution in [-0.2, 0) is 9.53 Å². The first-order valence-corrected chi connectivity index (χ1v) is 7.25. The fourth-order valence-corrected chi connectivity index (χ4v) is 2.46. The molecule has 1 aromatic rings. The molecule has 1 aliphatic heterocycles. The van der Waals surface area contributed by atoms with Crippen molar-refractivity contribution in [3.8, 4) is 0 Å². The molecule has 1 aliphatic rings. The van der Waals surface area contributed by atoms with Gasteiger partial charge in [-0.1, -0.05) is 36.6 Å². The first kappa shape index (κ1) is 14.9. The van der Waals surface area contributed by atoms with Gasteiger partial charge in [0.2, 0.25) is 0 Å². The van der Waals surface area contributed by atoms with Crippen LogP contribution in [0, 0.1) is 0 Å². The number of rotatable bonds is 3. The molecule has 2 rings (SSSR count). The second kappa shape index (κ2) is 7.29. The zero-order valence-corrected chi connectivity index (χ0v) is 12.1. The Morgan fingerprint density at radius 1 is 1.10 bits per heavy atom. The van der Waals surface area contributed by atoms with E-state index in [1.165, 1.54) is 0 Å². The standard InChI is InChI=1S/C15H18ClNO3/c16-13-8-4-3-7-12(13)15(19)20-11-14(18)17-9-5-1-2-6-10-17/h3-4,7-8H,1-2,5-6,9-11H2. The zero-order chi connectivity index (χ0) is 14.4. The molecule has 20 heavy (non-hydrogen) atoms. The predicted octanol–water partition coefficient (Wildman–Crippen LogP) is 2.90. The van der Waals surface area contributed by atoms with Crippen molar-refractivity contribution in [2.45, 2.75) is 25.7 Å². The molecule has 1 heterocycles. The molecule has 0 bridgehead atoms. The highest BCUT2D eigenvalue weighted by Crippen LogP contribution is 2.16. The van der Waals surface area contributed by atoms with Crippen molar-refractivity contribution < 1.29 is 14.3 Å². The Bertz CT molecular complexity index is 482. The summed E-state index contributed by atoms with van der Waals surface area (Å²) in [5.74, 6) is -0.689. The van der Waals surface area contributed by atoms with E-state index in [1.54, 1.807) is 29.2 Å². The Balaban J connectivity index is 1.86. The molecule has 0 spiro atoms. The van der Waals surface area contributed by atoms with Crippen LogP contribution in [0.4, 0.5) is 0 Å². The highest BCUT2D eigenvalue weighted by atomic mass is 35.5. The number of hydrogen-bond donors (Lipinski definition) is 0. The molecule has 0 aromatic heterocycles. The number of likely N-dealkylation sites (tertiary alicyclic amines) is 1. The highest BCUT2D eigenvalue weighted by molar-refractivity contribution is 6.33. The summed E-state index contributed by atoms with van der Waals surface area (Å²) in [7, 11) is 0. The van der Waals surface area contributed by atoms with E-state index in [-0.39, 0.29) is 18.1 Å². The molecule has 0 radical (unpaired) electrons. The van der Waals surface area contributed by atoms with Crippen molar-refractivity contribution in [2.24, 2.45) is 0 Å². The van der Waals surface area contributed by atoms with Crippen molar-refractivity contribution in [2.75, 3.05) is 19.7 Å².